The highest BCUT2D eigenvalue weighted by atomic mass is 16.5. The zero-order chi connectivity index (χ0) is 13.7. The molecule has 0 heterocycles. The van der Waals surface area contributed by atoms with Gasteiger partial charge in [0.25, 0.3) is 0 Å². The van der Waals surface area contributed by atoms with Crippen LogP contribution in [0.4, 0.5) is 0 Å². The molecule has 0 bridgehead atoms. The Labute approximate surface area is 116 Å². The third kappa shape index (κ3) is 5.11. The van der Waals surface area contributed by atoms with Gasteiger partial charge in [0.15, 0.2) is 0 Å². The number of nitrogens with one attached hydrogen (secondary N) is 1. The first kappa shape index (κ1) is 14.8. The monoisotopic (exact) mass is 268 g/mol. The molecule has 1 unspecified atom stereocenters. The third-order valence-electron chi connectivity index (χ3n) is 3.88. The zero-order valence-corrected chi connectivity index (χ0v) is 12.4. The van der Waals surface area contributed by atoms with Crippen LogP contribution in [-0.2, 0) is 9.53 Å². The topological polar surface area (TPSA) is 41.6 Å². The lowest BCUT2D eigenvalue weighted by atomic mass is 10.2. The van der Waals surface area contributed by atoms with Gasteiger partial charge >= 0.3 is 5.97 Å². The number of carbonyl (C=O) groups excluding carboxylic acids is 1. The van der Waals surface area contributed by atoms with E-state index in [2.05, 4.69) is 17.1 Å². The van der Waals surface area contributed by atoms with E-state index in [1.807, 2.05) is 6.92 Å². The van der Waals surface area contributed by atoms with E-state index in [1.165, 1.54) is 32.2 Å². The van der Waals surface area contributed by atoms with Gasteiger partial charge in [0.2, 0.25) is 0 Å². The molecule has 19 heavy (non-hydrogen) atoms. The number of esters is 1. The van der Waals surface area contributed by atoms with Gasteiger partial charge < -0.3 is 10.1 Å². The Balaban J connectivity index is 1.85. The zero-order valence-electron chi connectivity index (χ0n) is 12.4. The third-order valence-corrected chi connectivity index (χ3v) is 3.88. The first-order valence-corrected chi connectivity index (χ1v) is 7.88. The number of nitrogens with zero attached hydrogens (tertiary/aromatic N) is 1. The number of hydrogen-bond donors (Lipinski definition) is 1. The average Bonchev–Trinajstić information content (AvgIpc) is 3.26. The second kappa shape index (κ2) is 7.25. The quantitative estimate of drug-likeness (QED) is 0.613. The molecule has 0 aromatic rings. The fraction of sp³-hybridized carbons (Fsp3) is 0.933. The van der Waals surface area contributed by atoms with E-state index in [9.17, 15) is 4.79 Å². The molecule has 1 atom stereocenters. The van der Waals surface area contributed by atoms with E-state index in [-0.39, 0.29) is 12.0 Å². The van der Waals surface area contributed by atoms with Gasteiger partial charge in [-0.2, -0.15) is 0 Å². The molecule has 0 amide bonds. The molecule has 2 saturated carbocycles. The number of carbonyl (C=O) groups is 1. The predicted octanol–water partition coefficient (Wildman–Crippen LogP) is 1.79. The van der Waals surface area contributed by atoms with Crippen molar-refractivity contribution in [3.05, 3.63) is 0 Å². The lowest BCUT2D eigenvalue weighted by Gasteiger charge is -2.27. The van der Waals surface area contributed by atoms with Crippen LogP contribution in [0.2, 0.25) is 0 Å². The number of ether oxygens (including phenoxy) is 1. The van der Waals surface area contributed by atoms with Gasteiger partial charge in [-0.3, -0.25) is 9.69 Å². The Morgan fingerprint density at radius 2 is 2.05 bits per heavy atom. The van der Waals surface area contributed by atoms with Crippen LogP contribution in [0.3, 0.4) is 0 Å². The summed E-state index contributed by atoms with van der Waals surface area (Å²) in [7, 11) is 0. The summed E-state index contributed by atoms with van der Waals surface area (Å²) in [6, 6.07) is 0.570. The van der Waals surface area contributed by atoms with Crippen molar-refractivity contribution in [2.45, 2.75) is 58.0 Å². The van der Waals surface area contributed by atoms with Crippen molar-refractivity contribution in [1.29, 1.82) is 0 Å². The van der Waals surface area contributed by atoms with Crippen molar-refractivity contribution in [1.82, 2.24) is 10.2 Å². The van der Waals surface area contributed by atoms with Gasteiger partial charge in [0.05, 0.1) is 6.61 Å². The summed E-state index contributed by atoms with van der Waals surface area (Å²) in [6.07, 6.45) is 6.39. The second-order valence-corrected chi connectivity index (χ2v) is 5.89. The van der Waals surface area contributed by atoms with E-state index < -0.39 is 0 Å². The maximum Gasteiger partial charge on any atom is 0.324 e. The summed E-state index contributed by atoms with van der Waals surface area (Å²) in [5.74, 6) is 0.798. The lowest BCUT2D eigenvalue weighted by Crippen LogP contribution is -2.48. The molecule has 2 aliphatic carbocycles. The van der Waals surface area contributed by atoms with E-state index >= 15 is 0 Å². The van der Waals surface area contributed by atoms with Gasteiger partial charge in [0, 0.05) is 19.1 Å². The van der Waals surface area contributed by atoms with Gasteiger partial charge in [0.1, 0.15) is 6.04 Å². The van der Waals surface area contributed by atoms with E-state index in [0.717, 1.165) is 31.5 Å². The van der Waals surface area contributed by atoms with E-state index in [4.69, 9.17) is 4.74 Å². The van der Waals surface area contributed by atoms with Crippen LogP contribution in [0, 0.1) is 5.92 Å². The van der Waals surface area contributed by atoms with E-state index in [1.54, 1.807) is 0 Å². The molecule has 0 aliphatic heterocycles. The largest absolute Gasteiger partial charge is 0.465 e. The number of hydrogen-bond acceptors (Lipinski definition) is 4. The fourth-order valence-electron chi connectivity index (χ4n) is 2.46. The predicted molar refractivity (Wildman–Crippen MR) is 76.0 cm³/mol. The molecule has 0 saturated heterocycles. The lowest BCUT2D eigenvalue weighted by molar-refractivity contribution is -0.146. The Hall–Kier alpha value is -0.610. The molecule has 2 fully saturated rings. The van der Waals surface area contributed by atoms with Crippen molar-refractivity contribution < 1.29 is 9.53 Å². The summed E-state index contributed by atoms with van der Waals surface area (Å²) >= 11 is 0. The van der Waals surface area contributed by atoms with Gasteiger partial charge in [-0.1, -0.05) is 6.92 Å². The van der Waals surface area contributed by atoms with Gasteiger partial charge in [-0.15, -0.1) is 0 Å². The highest BCUT2D eigenvalue weighted by Crippen LogP contribution is 2.34. The van der Waals surface area contributed by atoms with Crippen LogP contribution in [0.15, 0.2) is 0 Å². The summed E-state index contributed by atoms with van der Waals surface area (Å²) in [4.78, 5) is 14.5. The smallest absolute Gasteiger partial charge is 0.324 e. The van der Waals surface area contributed by atoms with E-state index in [0.29, 0.717) is 6.61 Å². The van der Waals surface area contributed by atoms with Crippen LogP contribution in [0.1, 0.15) is 46.0 Å². The van der Waals surface area contributed by atoms with Crippen LogP contribution in [0.5, 0.6) is 0 Å². The summed E-state index contributed by atoms with van der Waals surface area (Å²) in [5, 5.41) is 3.34. The van der Waals surface area contributed by atoms with Crippen molar-refractivity contribution >= 4 is 5.97 Å². The van der Waals surface area contributed by atoms with Crippen molar-refractivity contribution in [3.8, 4) is 0 Å². The maximum absolute atomic E-state index is 12.0. The Morgan fingerprint density at radius 1 is 1.32 bits per heavy atom. The molecule has 0 spiro atoms. The normalized spacial score (nSPS) is 20.6. The molecule has 4 heteroatoms. The highest BCUT2D eigenvalue weighted by molar-refractivity contribution is 5.76. The molecule has 2 rings (SSSR count). The molecule has 1 N–H and O–H groups in total. The molecule has 0 radical (unpaired) electrons. The van der Waals surface area contributed by atoms with Crippen LogP contribution < -0.4 is 5.32 Å². The average molecular weight is 268 g/mol. The summed E-state index contributed by atoms with van der Waals surface area (Å²) < 4.78 is 5.19. The molecule has 2 aliphatic rings. The SMILES string of the molecule is CCCNC(CN(CC1CC1)C1CC1)C(=O)OCC. The van der Waals surface area contributed by atoms with Crippen LogP contribution in [0.25, 0.3) is 0 Å². The van der Waals surface area contributed by atoms with Crippen LogP contribution in [-0.4, -0.2) is 49.2 Å². The minimum atomic E-state index is -0.153. The minimum Gasteiger partial charge on any atom is -0.465 e. The first-order valence-electron chi connectivity index (χ1n) is 7.88. The highest BCUT2D eigenvalue weighted by Gasteiger charge is 2.36. The first-order chi connectivity index (χ1) is 9.24. The van der Waals surface area contributed by atoms with Crippen LogP contribution >= 0.6 is 0 Å². The Kier molecular flexibility index (Phi) is 5.64. The van der Waals surface area contributed by atoms with Crippen molar-refractivity contribution in [2.75, 3.05) is 26.2 Å². The second-order valence-electron chi connectivity index (χ2n) is 5.89. The van der Waals surface area contributed by atoms with Crippen molar-refractivity contribution in [3.63, 3.8) is 0 Å². The Bertz CT molecular complexity index is 288. The summed E-state index contributed by atoms with van der Waals surface area (Å²) in [5.41, 5.74) is 0. The summed E-state index contributed by atoms with van der Waals surface area (Å²) in [6.45, 7) is 7.34. The molecule has 110 valence electrons. The molecule has 4 nitrogen and oxygen atoms in total. The van der Waals surface area contributed by atoms with Gasteiger partial charge in [-0.05, 0) is 51.5 Å². The maximum atomic E-state index is 12.0. The number of rotatable bonds is 10. The standard InChI is InChI=1S/C15H28N2O2/c1-3-9-16-14(15(18)19-4-2)11-17(13-7-8-13)10-12-5-6-12/h12-14,16H,3-11H2,1-2H3. The van der Waals surface area contributed by atoms with Gasteiger partial charge in [-0.25, -0.2) is 0 Å². The molecular weight excluding hydrogens is 240 g/mol. The molecule has 0 aromatic carbocycles. The molecular formula is C15H28N2O2. The molecule has 0 aromatic heterocycles. The minimum absolute atomic E-state index is 0.0857. The van der Waals surface area contributed by atoms with Crippen molar-refractivity contribution in [2.24, 2.45) is 5.92 Å². The Morgan fingerprint density at radius 3 is 2.58 bits per heavy atom. The fourth-order valence-corrected chi connectivity index (χ4v) is 2.46.